The molecule has 0 aromatic heterocycles. The van der Waals surface area contributed by atoms with E-state index in [1.165, 1.54) is 7.11 Å². The lowest BCUT2D eigenvalue weighted by molar-refractivity contribution is -0.137. The number of methoxy groups -OCH3 is 1. The summed E-state index contributed by atoms with van der Waals surface area (Å²) >= 11 is 3.58. The van der Waals surface area contributed by atoms with Gasteiger partial charge in [0.2, 0.25) is 0 Å². The third kappa shape index (κ3) is 5.04. The van der Waals surface area contributed by atoms with E-state index in [9.17, 15) is 14.7 Å². The molecule has 2 atom stereocenters. The number of ether oxygens (including phenoxy) is 2. The average molecular weight is 566 g/mol. The molecule has 0 amide bonds. The molecule has 3 aromatic carbocycles. The van der Waals surface area contributed by atoms with Gasteiger partial charge in [0.05, 0.1) is 18.6 Å². The predicted octanol–water partition coefficient (Wildman–Crippen LogP) is 7.37. The molecule has 1 aliphatic rings. The zero-order valence-corrected chi connectivity index (χ0v) is 23.9. The van der Waals surface area contributed by atoms with Crippen LogP contribution in [0.15, 0.2) is 59.1 Å². The molecule has 1 heterocycles. The molecule has 1 N–H and O–H groups in total. The van der Waals surface area contributed by atoms with Gasteiger partial charge in [-0.3, -0.25) is 4.79 Å². The summed E-state index contributed by atoms with van der Waals surface area (Å²) in [6.45, 7) is 12.3. The number of hydrogen-bond acceptors (Lipinski definition) is 5. The number of hydrogen-bond donors (Lipinski definition) is 1. The van der Waals surface area contributed by atoms with Crippen LogP contribution in [-0.2, 0) is 20.4 Å². The zero-order valence-electron chi connectivity index (χ0n) is 22.3. The van der Waals surface area contributed by atoms with Crippen LogP contribution in [0.2, 0.25) is 0 Å². The van der Waals surface area contributed by atoms with Crippen molar-refractivity contribution in [3.05, 3.63) is 92.5 Å². The van der Waals surface area contributed by atoms with Gasteiger partial charge in [-0.2, -0.15) is 0 Å². The maximum absolute atomic E-state index is 13.7. The van der Waals surface area contributed by atoms with Crippen molar-refractivity contribution in [1.29, 1.82) is 0 Å². The fourth-order valence-electron chi connectivity index (χ4n) is 5.07. The van der Waals surface area contributed by atoms with Gasteiger partial charge in [0.25, 0.3) is 0 Å². The summed E-state index contributed by atoms with van der Waals surface area (Å²) in [6, 6.07) is 16.6. The number of aromatic hydroxyl groups is 1. The van der Waals surface area contributed by atoms with Crippen molar-refractivity contribution in [2.45, 2.75) is 64.2 Å². The van der Waals surface area contributed by atoms with Gasteiger partial charge in [0.15, 0.2) is 0 Å². The molecule has 5 nitrogen and oxygen atoms in total. The molecular weight excluding hydrogens is 532 g/mol. The normalized spacial score (nSPS) is 17.7. The highest BCUT2D eigenvalue weighted by Gasteiger charge is 2.43. The lowest BCUT2D eigenvalue weighted by Crippen LogP contribution is -2.32. The van der Waals surface area contributed by atoms with E-state index in [4.69, 9.17) is 9.47 Å². The number of rotatable bonds is 3. The Kier molecular flexibility index (Phi) is 7.02. The third-order valence-corrected chi connectivity index (χ3v) is 7.41. The molecule has 0 spiro atoms. The molecule has 6 heteroatoms. The Labute approximate surface area is 226 Å². The second-order valence-electron chi connectivity index (χ2n) is 11.6. The fraction of sp³-hybridized carbons (Fsp3) is 0.355. The smallest absolute Gasteiger partial charge is 0.338 e. The predicted molar refractivity (Wildman–Crippen MR) is 148 cm³/mol. The Morgan fingerprint density at radius 1 is 0.892 bits per heavy atom. The lowest BCUT2D eigenvalue weighted by Gasteiger charge is -2.35. The van der Waals surface area contributed by atoms with E-state index < -0.39 is 23.8 Å². The van der Waals surface area contributed by atoms with Crippen molar-refractivity contribution in [3.63, 3.8) is 0 Å². The number of carbonyl (C=O) groups excluding carboxylic acids is 2. The summed E-state index contributed by atoms with van der Waals surface area (Å²) in [5.41, 5.74) is 3.44. The van der Waals surface area contributed by atoms with Crippen molar-refractivity contribution in [2.75, 3.05) is 7.11 Å². The minimum absolute atomic E-state index is 0.267. The highest BCUT2D eigenvalue weighted by atomic mass is 79.9. The highest BCUT2D eigenvalue weighted by molar-refractivity contribution is 9.10. The summed E-state index contributed by atoms with van der Waals surface area (Å²) in [5, 5.41) is 11.3. The van der Waals surface area contributed by atoms with Crippen molar-refractivity contribution in [3.8, 4) is 11.5 Å². The first kappa shape index (κ1) is 26.9. The van der Waals surface area contributed by atoms with E-state index in [-0.39, 0.29) is 16.6 Å². The highest BCUT2D eigenvalue weighted by Crippen LogP contribution is 2.51. The number of phenolic OH excluding ortho intramolecular Hbond substituents is 1. The number of esters is 2. The summed E-state index contributed by atoms with van der Waals surface area (Å²) in [5.74, 6) is -1.49. The number of fused-ring (bicyclic) bond motifs is 1. The maximum Gasteiger partial charge on any atom is 0.338 e. The van der Waals surface area contributed by atoms with E-state index >= 15 is 0 Å². The molecule has 0 radical (unpaired) electrons. The van der Waals surface area contributed by atoms with Crippen LogP contribution in [0.5, 0.6) is 11.5 Å². The summed E-state index contributed by atoms with van der Waals surface area (Å²) in [7, 11) is 1.33. The van der Waals surface area contributed by atoms with E-state index in [2.05, 4.69) is 57.5 Å². The van der Waals surface area contributed by atoms with E-state index in [1.807, 2.05) is 24.3 Å². The fourth-order valence-corrected chi connectivity index (χ4v) is 5.44. The second kappa shape index (κ2) is 9.64. The first-order valence-corrected chi connectivity index (χ1v) is 13.1. The molecule has 4 rings (SSSR count). The Bertz CT molecular complexity index is 1340. The van der Waals surface area contributed by atoms with Crippen LogP contribution in [0.4, 0.5) is 0 Å². The molecule has 3 aromatic rings. The van der Waals surface area contributed by atoms with Gasteiger partial charge in [0.1, 0.15) is 11.5 Å². The molecule has 0 saturated carbocycles. The Balaban J connectivity index is 2.09. The van der Waals surface area contributed by atoms with Gasteiger partial charge in [-0.05, 0) is 57.3 Å². The van der Waals surface area contributed by atoms with Crippen molar-refractivity contribution >= 4 is 27.9 Å². The number of halogens is 1. The quantitative estimate of drug-likeness (QED) is 0.265. The van der Waals surface area contributed by atoms with E-state index in [0.29, 0.717) is 16.9 Å². The third-order valence-electron chi connectivity index (χ3n) is 6.91. The average Bonchev–Trinajstić information content (AvgIpc) is 2.82. The Morgan fingerprint density at radius 3 is 2.05 bits per heavy atom. The van der Waals surface area contributed by atoms with E-state index in [0.717, 1.165) is 26.7 Å². The van der Waals surface area contributed by atoms with Crippen LogP contribution in [0.3, 0.4) is 0 Å². The number of carbonyl (C=O) groups is 2. The van der Waals surface area contributed by atoms with Gasteiger partial charge in [-0.15, -0.1) is 0 Å². The summed E-state index contributed by atoms with van der Waals surface area (Å²) in [4.78, 5) is 26.4. The van der Waals surface area contributed by atoms with Crippen LogP contribution in [-0.4, -0.2) is 24.2 Å². The molecule has 0 fully saturated rings. The minimum Gasteiger partial charge on any atom is -0.507 e. The standard InChI is InChI=1S/C31H33BrO5/c1-30(2,3)22-14-17(15-23(27(22)33)31(4,5)6)25-21-16-18(32)12-13-24(21)37-29(35)26(25)19-10-8-9-11-20(19)28(34)36-7/h8-16,25-26,33H,1-7H3. The van der Waals surface area contributed by atoms with Crippen LogP contribution in [0.1, 0.15) is 91.6 Å². The molecule has 2 unspecified atom stereocenters. The molecule has 1 aliphatic heterocycles. The minimum atomic E-state index is -0.803. The molecule has 194 valence electrons. The SMILES string of the molecule is COC(=O)c1ccccc1C1C(=O)Oc2ccc(Br)cc2C1c1cc(C(C)(C)C)c(O)c(C(C)(C)C)c1. The van der Waals surface area contributed by atoms with Crippen molar-refractivity contribution < 1.29 is 24.2 Å². The number of benzene rings is 3. The second-order valence-corrected chi connectivity index (χ2v) is 12.5. The Morgan fingerprint density at radius 2 is 1.49 bits per heavy atom. The van der Waals surface area contributed by atoms with Crippen molar-refractivity contribution in [2.24, 2.45) is 0 Å². The van der Waals surface area contributed by atoms with Crippen LogP contribution in [0.25, 0.3) is 0 Å². The molecule has 0 aliphatic carbocycles. The van der Waals surface area contributed by atoms with Crippen molar-refractivity contribution in [1.82, 2.24) is 0 Å². The first-order chi connectivity index (χ1) is 17.2. The molecule has 0 bridgehead atoms. The summed E-state index contributed by atoms with van der Waals surface area (Å²) < 4.78 is 11.7. The maximum atomic E-state index is 13.7. The molecular formula is C31H33BrO5. The molecule has 37 heavy (non-hydrogen) atoms. The number of phenols is 1. The van der Waals surface area contributed by atoms with Crippen LogP contribution in [0, 0.1) is 0 Å². The van der Waals surface area contributed by atoms with Gasteiger partial charge >= 0.3 is 11.9 Å². The van der Waals surface area contributed by atoms with Gasteiger partial charge in [0, 0.05) is 16.0 Å². The first-order valence-electron chi connectivity index (χ1n) is 12.3. The summed E-state index contributed by atoms with van der Waals surface area (Å²) in [6.07, 6.45) is 0. The van der Waals surface area contributed by atoms with Crippen LogP contribution < -0.4 is 4.74 Å². The largest absolute Gasteiger partial charge is 0.507 e. The lowest BCUT2D eigenvalue weighted by atomic mass is 9.71. The zero-order chi connectivity index (χ0) is 27.3. The van der Waals surface area contributed by atoms with Gasteiger partial charge < -0.3 is 14.6 Å². The van der Waals surface area contributed by atoms with Crippen LogP contribution >= 0.6 is 15.9 Å². The monoisotopic (exact) mass is 564 g/mol. The Hall–Kier alpha value is -3.12. The molecule has 0 saturated heterocycles. The van der Waals surface area contributed by atoms with Gasteiger partial charge in [-0.1, -0.05) is 87.8 Å². The van der Waals surface area contributed by atoms with E-state index in [1.54, 1.807) is 30.3 Å². The topological polar surface area (TPSA) is 72.8 Å². The van der Waals surface area contributed by atoms with Gasteiger partial charge in [-0.25, -0.2) is 4.79 Å².